The van der Waals surface area contributed by atoms with E-state index < -0.39 is 0 Å². The van der Waals surface area contributed by atoms with Crippen LogP contribution in [0, 0.1) is 40.4 Å². The monoisotopic (exact) mass is 392 g/mol. The summed E-state index contributed by atoms with van der Waals surface area (Å²) in [5.41, 5.74) is 0.626. The van der Waals surface area contributed by atoms with Crippen LogP contribution < -0.4 is 0 Å². The largest absolute Gasteiger partial charge is 0.463 e. The average molecular weight is 393 g/mol. The van der Waals surface area contributed by atoms with E-state index in [1.54, 1.807) is 0 Å². The molecule has 0 aromatic rings. The fourth-order valence-electron chi connectivity index (χ4n) is 8.45. The summed E-state index contributed by atoms with van der Waals surface area (Å²) >= 11 is 0. The molecule has 0 amide bonds. The van der Waals surface area contributed by atoms with Gasteiger partial charge in [0.25, 0.3) is 0 Å². The van der Waals surface area contributed by atoms with E-state index in [4.69, 9.17) is 4.74 Å². The fourth-order valence-corrected chi connectivity index (χ4v) is 8.45. The zero-order valence-electron chi connectivity index (χ0n) is 18.0. The third-order valence-electron chi connectivity index (χ3n) is 9.87. The van der Waals surface area contributed by atoms with Gasteiger partial charge in [0.1, 0.15) is 6.10 Å². The van der Waals surface area contributed by atoms with Crippen molar-refractivity contribution in [3.8, 4) is 0 Å². The summed E-state index contributed by atoms with van der Waals surface area (Å²) in [6.45, 7) is 6.78. The smallest absolute Gasteiger partial charge is 0.302 e. The maximum atomic E-state index is 11.4. The third-order valence-corrected chi connectivity index (χ3v) is 9.87. The molecule has 0 aromatic carbocycles. The number of ether oxygens (including phenoxy) is 1. The zero-order valence-corrected chi connectivity index (χ0v) is 18.0. The van der Waals surface area contributed by atoms with Gasteiger partial charge in [-0.25, -0.2) is 0 Å². The van der Waals surface area contributed by atoms with Gasteiger partial charge in [-0.05, 0) is 105 Å². The van der Waals surface area contributed by atoms with Crippen LogP contribution in [-0.4, -0.2) is 35.0 Å². The van der Waals surface area contributed by atoms with E-state index in [0.717, 1.165) is 38.5 Å². The number of carbonyl (C=O) groups is 1. The molecule has 4 aliphatic carbocycles. The molecule has 0 bridgehead atoms. The molecule has 0 aliphatic heterocycles. The molecule has 0 radical (unpaired) electrons. The van der Waals surface area contributed by atoms with Crippen LogP contribution in [-0.2, 0) is 9.53 Å². The molecule has 4 rings (SSSR count). The summed E-state index contributed by atoms with van der Waals surface area (Å²) in [4.78, 5) is 11.4. The highest BCUT2D eigenvalue weighted by Crippen LogP contribution is 2.67. The molecule has 4 heteroatoms. The second-order valence-corrected chi connectivity index (χ2v) is 11.0. The Morgan fingerprint density at radius 1 is 1.04 bits per heavy atom. The third kappa shape index (κ3) is 3.23. The van der Waals surface area contributed by atoms with Crippen molar-refractivity contribution in [2.75, 3.05) is 6.61 Å². The highest BCUT2D eigenvalue weighted by molar-refractivity contribution is 5.66. The predicted molar refractivity (Wildman–Crippen MR) is 108 cm³/mol. The molecule has 2 N–H and O–H groups in total. The van der Waals surface area contributed by atoms with Gasteiger partial charge >= 0.3 is 5.97 Å². The molecule has 9 atom stereocenters. The summed E-state index contributed by atoms with van der Waals surface area (Å²) in [6.07, 6.45) is 10.8. The molecule has 4 aliphatic rings. The van der Waals surface area contributed by atoms with Crippen LogP contribution in [0.3, 0.4) is 0 Å². The van der Waals surface area contributed by atoms with E-state index in [9.17, 15) is 15.0 Å². The molecule has 0 aromatic heterocycles. The lowest BCUT2D eigenvalue weighted by Gasteiger charge is -2.62. The SMILES string of the molecule is CC(=O)O[C@@H]1CC[C@]2(C)C3CC[C@@]4(C)C(CC[C@@H]4CCCO)C3[C@H](O)C[C@@H]2C1. The number of hydrogen-bond donors (Lipinski definition) is 2. The van der Waals surface area contributed by atoms with Gasteiger partial charge in [-0.3, -0.25) is 4.79 Å². The quantitative estimate of drug-likeness (QED) is 0.699. The second kappa shape index (κ2) is 7.58. The Bertz CT molecular complexity index is 591. The molecular weight excluding hydrogens is 352 g/mol. The Balaban J connectivity index is 1.53. The highest BCUT2D eigenvalue weighted by atomic mass is 16.5. The van der Waals surface area contributed by atoms with Crippen molar-refractivity contribution in [3.05, 3.63) is 0 Å². The summed E-state index contributed by atoms with van der Waals surface area (Å²) in [5, 5.41) is 20.6. The molecule has 160 valence electrons. The van der Waals surface area contributed by atoms with E-state index in [2.05, 4.69) is 13.8 Å². The first kappa shape index (κ1) is 20.7. The molecule has 28 heavy (non-hydrogen) atoms. The minimum Gasteiger partial charge on any atom is -0.463 e. The van der Waals surface area contributed by atoms with E-state index >= 15 is 0 Å². The van der Waals surface area contributed by atoms with Crippen molar-refractivity contribution in [2.24, 2.45) is 40.4 Å². The van der Waals surface area contributed by atoms with Gasteiger partial charge in [-0.2, -0.15) is 0 Å². The topological polar surface area (TPSA) is 66.8 Å². The van der Waals surface area contributed by atoms with Crippen LogP contribution in [0.2, 0.25) is 0 Å². The minimum absolute atomic E-state index is 0.0440. The van der Waals surface area contributed by atoms with Crippen molar-refractivity contribution in [3.63, 3.8) is 0 Å². The van der Waals surface area contributed by atoms with Crippen molar-refractivity contribution in [2.45, 2.75) is 97.2 Å². The van der Waals surface area contributed by atoms with E-state index in [1.165, 1.54) is 32.6 Å². The fraction of sp³-hybridized carbons (Fsp3) is 0.958. The standard InChI is InChI=1S/C24H40O4/c1-15(26)28-18-8-10-24(3)17(13-18)14-21(27)22-19-7-6-16(5-4-12-25)23(19,2)11-9-20(22)24/h16-22,25,27H,4-14H2,1-3H3/t16-,17-,18+,19?,20?,21+,22?,23+,24-/m0/s1. The normalized spacial score (nSPS) is 50.4. The van der Waals surface area contributed by atoms with Crippen LogP contribution in [0.15, 0.2) is 0 Å². The van der Waals surface area contributed by atoms with Gasteiger partial charge in [0.15, 0.2) is 0 Å². The Hall–Kier alpha value is -0.610. The maximum absolute atomic E-state index is 11.4. The average Bonchev–Trinajstić information content (AvgIpc) is 2.97. The number of fused-ring (bicyclic) bond motifs is 5. The van der Waals surface area contributed by atoms with Gasteiger partial charge in [0.05, 0.1) is 6.10 Å². The molecule has 0 heterocycles. The molecule has 4 saturated carbocycles. The van der Waals surface area contributed by atoms with E-state index in [-0.39, 0.29) is 23.6 Å². The number of aliphatic hydroxyl groups excluding tert-OH is 2. The molecule has 4 fully saturated rings. The summed E-state index contributed by atoms with van der Waals surface area (Å²) in [7, 11) is 0. The lowest BCUT2D eigenvalue weighted by molar-refractivity contribution is -0.181. The van der Waals surface area contributed by atoms with Gasteiger partial charge in [0, 0.05) is 13.5 Å². The van der Waals surface area contributed by atoms with Gasteiger partial charge in [-0.15, -0.1) is 0 Å². The van der Waals surface area contributed by atoms with E-state index in [0.29, 0.717) is 41.6 Å². The molecule has 0 spiro atoms. The number of hydrogen-bond acceptors (Lipinski definition) is 4. The highest BCUT2D eigenvalue weighted by Gasteiger charge is 2.62. The van der Waals surface area contributed by atoms with Crippen molar-refractivity contribution in [1.82, 2.24) is 0 Å². The molecule has 0 saturated heterocycles. The number of aliphatic hydroxyl groups is 2. The van der Waals surface area contributed by atoms with Crippen LogP contribution in [0.25, 0.3) is 0 Å². The molecular formula is C24H40O4. The van der Waals surface area contributed by atoms with Gasteiger partial charge < -0.3 is 14.9 Å². The number of esters is 1. The summed E-state index contributed by atoms with van der Waals surface area (Å²) in [5.74, 6) is 2.68. The minimum atomic E-state index is -0.208. The van der Waals surface area contributed by atoms with Crippen molar-refractivity contribution < 1.29 is 19.7 Å². The van der Waals surface area contributed by atoms with Gasteiger partial charge in [-0.1, -0.05) is 13.8 Å². The van der Waals surface area contributed by atoms with Crippen molar-refractivity contribution in [1.29, 1.82) is 0 Å². The lowest BCUT2D eigenvalue weighted by Crippen LogP contribution is -2.58. The summed E-state index contributed by atoms with van der Waals surface area (Å²) in [6, 6.07) is 0. The number of rotatable bonds is 4. The van der Waals surface area contributed by atoms with Crippen LogP contribution >= 0.6 is 0 Å². The van der Waals surface area contributed by atoms with Crippen molar-refractivity contribution >= 4 is 5.97 Å². The van der Waals surface area contributed by atoms with Crippen LogP contribution in [0.4, 0.5) is 0 Å². The maximum Gasteiger partial charge on any atom is 0.302 e. The predicted octanol–water partition coefficient (Wildman–Crippen LogP) is 4.32. The zero-order chi connectivity index (χ0) is 20.1. The Labute approximate surface area is 170 Å². The Morgan fingerprint density at radius 2 is 1.75 bits per heavy atom. The van der Waals surface area contributed by atoms with Gasteiger partial charge in [0.2, 0.25) is 0 Å². The number of carbonyl (C=O) groups excluding carboxylic acids is 1. The van der Waals surface area contributed by atoms with E-state index in [1.807, 2.05) is 0 Å². The van der Waals surface area contributed by atoms with Crippen LogP contribution in [0.5, 0.6) is 0 Å². The Morgan fingerprint density at radius 3 is 2.46 bits per heavy atom. The molecule has 4 nitrogen and oxygen atoms in total. The van der Waals surface area contributed by atoms with Crippen LogP contribution in [0.1, 0.15) is 85.0 Å². The Kier molecular flexibility index (Phi) is 5.59. The lowest BCUT2D eigenvalue weighted by atomic mass is 9.44. The summed E-state index contributed by atoms with van der Waals surface area (Å²) < 4.78 is 5.55. The first-order chi connectivity index (χ1) is 13.3. The first-order valence-electron chi connectivity index (χ1n) is 11.8. The first-order valence-corrected chi connectivity index (χ1v) is 11.8. The second-order valence-electron chi connectivity index (χ2n) is 11.0. The molecule has 3 unspecified atom stereocenters.